The summed E-state index contributed by atoms with van der Waals surface area (Å²) in [5, 5.41) is 14.9. The topological polar surface area (TPSA) is 94.6 Å². The zero-order valence-electron chi connectivity index (χ0n) is 14.3. The molecule has 3 N–H and O–H groups in total. The van der Waals surface area contributed by atoms with Crippen LogP contribution in [-0.2, 0) is 16.1 Å². The van der Waals surface area contributed by atoms with Crippen molar-refractivity contribution < 1.29 is 14.7 Å². The first-order chi connectivity index (χ1) is 12.0. The molecule has 2 rings (SSSR count). The Morgan fingerprint density at radius 2 is 1.92 bits per heavy atom. The van der Waals surface area contributed by atoms with Gasteiger partial charge < -0.3 is 15.3 Å². The van der Waals surface area contributed by atoms with Crippen molar-refractivity contribution in [2.75, 3.05) is 24.3 Å². The van der Waals surface area contributed by atoms with Crippen LogP contribution in [0.4, 0.5) is 11.4 Å². The second kappa shape index (κ2) is 8.79. The number of rotatable bonds is 8. The van der Waals surface area contributed by atoms with Crippen LogP contribution in [0.25, 0.3) is 0 Å². The van der Waals surface area contributed by atoms with Gasteiger partial charge in [-0.05, 0) is 35.9 Å². The number of carbonyl (C=O) groups excluding carboxylic acids is 1. The van der Waals surface area contributed by atoms with E-state index in [9.17, 15) is 14.7 Å². The Bertz CT molecular complexity index is 702. The van der Waals surface area contributed by atoms with Gasteiger partial charge in [0, 0.05) is 44.4 Å². The molecule has 0 saturated heterocycles. The first-order valence-electron chi connectivity index (χ1n) is 7.88. The summed E-state index contributed by atoms with van der Waals surface area (Å²) in [7, 11) is 3.86. The zero-order valence-corrected chi connectivity index (χ0v) is 14.3. The van der Waals surface area contributed by atoms with Crippen LogP contribution in [0.1, 0.15) is 12.0 Å². The van der Waals surface area contributed by atoms with E-state index in [1.165, 1.54) is 0 Å². The monoisotopic (exact) mass is 342 g/mol. The van der Waals surface area contributed by atoms with Gasteiger partial charge in [0.15, 0.2) is 0 Å². The molecule has 1 aromatic heterocycles. The minimum Gasteiger partial charge on any atom is -0.480 e. The fraction of sp³-hybridized carbons (Fsp3) is 0.278. The highest BCUT2D eigenvalue weighted by molar-refractivity contribution is 5.94. The van der Waals surface area contributed by atoms with Crippen molar-refractivity contribution in [3.05, 3.63) is 54.4 Å². The highest BCUT2D eigenvalue weighted by Gasteiger charge is 2.20. The smallest absolute Gasteiger partial charge is 0.321 e. The highest BCUT2D eigenvalue weighted by atomic mass is 16.4. The van der Waals surface area contributed by atoms with Crippen molar-refractivity contribution in [1.82, 2.24) is 10.3 Å². The molecule has 2 aromatic rings. The lowest BCUT2D eigenvalue weighted by Crippen LogP contribution is -2.39. The predicted molar refractivity (Wildman–Crippen MR) is 96.5 cm³/mol. The molecule has 1 atom stereocenters. The molecule has 0 unspecified atom stereocenters. The van der Waals surface area contributed by atoms with Gasteiger partial charge in [0.25, 0.3) is 0 Å². The summed E-state index contributed by atoms with van der Waals surface area (Å²) in [4.78, 5) is 29.4. The maximum Gasteiger partial charge on any atom is 0.321 e. The Morgan fingerprint density at radius 1 is 1.20 bits per heavy atom. The molecule has 7 heteroatoms. The first-order valence-corrected chi connectivity index (χ1v) is 7.88. The maximum absolute atomic E-state index is 12.1. The molecular formula is C18H22N4O3. The molecule has 0 spiro atoms. The third-order valence-electron chi connectivity index (χ3n) is 3.63. The van der Waals surface area contributed by atoms with Gasteiger partial charge in [-0.2, -0.15) is 0 Å². The van der Waals surface area contributed by atoms with Crippen molar-refractivity contribution in [1.29, 1.82) is 0 Å². The van der Waals surface area contributed by atoms with E-state index in [1.54, 1.807) is 30.6 Å². The summed E-state index contributed by atoms with van der Waals surface area (Å²) in [6.07, 6.45) is 3.14. The minimum atomic E-state index is -1.07. The van der Waals surface area contributed by atoms with Gasteiger partial charge in [0.1, 0.15) is 6.04 Å². The van der Waals surface area contributed by atoms with Crippen molar-refractivity contribution in [3.8, 4) is 0 Å². The van der Waals surface area contributed by atoms with Gasteiger partial charge in [0.2, 0.25) is 5.91 Å². The molecule has 0 fully saturated rings. The largest absolute Gasteiger partial charge is 0.480 e. The quantitative estimate of drug-likeness (QED) is 0.676. The molecule has 1 amide bonds. The van der Waals surface area contributed by atoms with Gasteiger partial charge in [-0.1, -0.05) is 6.07 Å². The molecule has 1 aromatic carbocycles. The van der Waals surface area contributed by atoms with Crippen LogP contribution in [-0.4, -0.2) is 42.1 Å². The van der Waals surface area contributed by atoms with Gasteiger partial charge >= 0.3 is 5.97 Å². The summed E-state index contributed by atoms with van der Waals surface area (Å²) in [6, 6.07) is 9.97. The van der Waals surface area contributed by atoms with Crippen LogP contribution >= 0.6 is 0 Å². The van der Waals surface area contributed by atoms with E-state index in [1.807, 2.05) is 37.2 Å². The molecule has 0 aliphatic rings. The van der Waals surface area contributed by atoms with Crippen molar-refractivity contribution in [2.24, 2.45) is 0 Å². The second-order valence-corrected chi connectivity index (χ2v) is 5.83. The Labute approximate surface area is 146 Å². The molecule has 1 heterocycles. The van der Waals surface area contributed by atoms with Gasteiger partial charge in [0.05, 0.1) is 6.42 Å². The average Bonchev–Trinajstić information content (AvgIpc) is 2.59. The molecule has 132 valence electrons. The number of aliphatic carboxylic acids is 1. The fourth-order valence-corrected chi connectivity index (χ4v) is 2.23. The number of carbonyl (C=O) groups is 2. The van der Waals surface area contributed by atoms with Crippen LogP contribution in [0.5, 0.6) is 0 Å². The standard InChI is InChI=1S/C18H22N4O3/c1-22(2)15-7-5-14(6-8-15)21-17(23)10-16(18(24)25)20-12-13-4-3-9-19-11-13/h3-9,11,16,20H,10,12H2,1-2H3,(H,21,23)(H,24,25)/t16-/m1/s1. The third-order valence-corrected chi connectivity index (χ3v) is 3.63. The molecule has 0 radical (unpaired) electrons. The Morgan fingerprint density at radius 3 is 2.48 bits per heavy atom. The van der Waals surface area contributed by atoms with E-state index >= 15 is 0 Å². The van der Waals surface area contributed by atoms with Crippen LogP contribution in [0.2, 0.25) is 0 Å². The molecule has 0 saturated carbocycles. The van der Waals surface area contributed by atoms with E-state index in [0.717, 1.165) is 11.3 Å². The number of hydrogen-bond donors (Lipinski definition) is 3. The van der Waals surface area contributed by atoms with E-state index in [4.69, 9.17) is 0 Å². The Kier molecular flexibility index (Phi) is 6.47. The zero-order chi connectivity index (χ0) is 18.2. The van der Waals surface area contributed by atoms with Crippen molar-refractivity contribution >= 4 is 23.3 Å². The molecule has 0 aliphatic carbocycles. The normalized spacial score (nSPS) is 11.6. The number of carboxylic acid groups (broad SMARTS) is 1. The van der Waals surface area contributed by atoms with Gasteiger partial charge in [-0.25, -0.2) is 0 Å². The minimum absolute atomic E-state index is 0.162. The SMILES string of the molecule is CN(C)c1ccc(NC(=O)C[C@@H](NCc2cccnc2)C(=O)O)cc1. The number of amides is 1. The van der Waals surface area contributed by atoms with Gasteiger partial charge in [-0.3, -0.25) is 19.9 Å². The summed E-state index contributed by atoms with van der Waals surface area (Å²) in [6.45, 7) is 0.329. The number of hydrogen-bond acceptors (Lipinski definition) is 5. The van der Waals surface area contributed by atoms with Gasteiger partial charge in [-0.15, -0.1) is 0 Å². The molecule has 0 bridgehead atoms. The predicted octanol–water partition coefficient (Wildman–Crippen LogP) is 1.72. The summed E-state index contributed by atoms with van der Waals surface area (Å²) in [5.41, 5.74) is 2.50. The molecular weight excluding hydrogens is 320 g/mol. The molecule has 7 nitrogen and oxygen atoms in total. The Hall–Kier alpha value is -2.93. The van der Waals surface area contributed by atoms with Crippen LogP contribution < -0.4 is 15.5 Å². The number of anilines is 2. The lowest BCUT2D eigenvalue weighted by molar-refractivity contribution is -0.141. The van der Waals surface area contributed by atoms with E-state index in [0.29, 0.717) is 12.2 Å². The Balaban J connectivity index is 1.90. The number of nitrogens with zero attached hydrogens (tertiary/aromatic N) is 2. The third kappa shape index (κ3) is 5.89. The number of nitrogens with one attached hydrogen (secondary N) is 2. The van der Waals surface area contributed by atoms with E-state index < -0.39 is 12.0 Å². The summed E-state index contributed by atoms with van der Waals surface area (Å²) >= 11 is 0. The molecule has 25 heavy (non-hydrogen) atoms. The van der Waals surface area contributed by atoms with Crippen LogP contribution in [0.15, 0.2) is 48.8 Å². The highest BCUT2D eigenvalue weighted by Crippen LogP contribution is 2.16. The van der Waals surface area contributed by atoms with Crippen LogP contribution in [0, 0.1) is 0 Å². The first kappa shape index (κ1) is 18.4. The maximum atomic E-state index is 12.1. The number of aromatic nitrogens is 1. The van der Waals surface area contributed by atoms with Crippen molar-refractivity contribution in [3.63, 3.8) is 0 Å². The fourth-order valence-electron chi connectivity index (χ4n) is 2.23. The number of benzene rings is 1. The van der Waals surface area contributed by atoms with E-state index in [2.05, 4.69) is 15.6 Å². The number of pyridine rings is 1. The number of carboxylic acids is 1. The lowest BCUT2D eigenvalue weighted by Gasteiger charge is -2.15. The van der Waals surface area contributed by atoms with Crippen LogP contribution in [0.3, 0.4) is 0 Å². The second-order valence-electron chi connectivity index (χ2n) is 5.83. The summed E-state index contributed by atoms with van der Waals surface area (Å²) < 4.78 is 0. The molecule has 0 aliphatic heterocycles. The van der Waals surface area contributed by atoms with Crippen molar-refractivity contribution in [2.45, 2.75) is 19.0 Å². The average molecular weight is 342 g/mol. The van der Waals surface area contributed by atoms with E-state index in [-0.39, 0.29) is 12.3 Å². The summed E-state index contributed by atoms with van der Waals surface area (Å²) in [5.74, 6) is -1.43. The lowest BCUT2D eigenvalue weighted by atomic mass is 10.1.